The van der Waals surface area contributed by atoms with Crippen LogP contribution in [0.5, 0.6) is 11.5 Å². The van der Waals surface area contributed by atoms with Crippen LogP contribution >= 0.6 is 11.6 Å². The van der Waals surface area contributed by atoms with E-state index in [1.165, 1.54) is 13.2 Å². The largest absolute Gasteiger partial charge is 0.493 e. The van der Waals surface area contributed by atoms with E-state index in [1.807, 2.05) is 45.0 Å². The van der Waals surface area contributed by atoms with Gasteiger partial charge in [-0.25, -0.2) is 0 Å². The van der Waals surface area contributed by atoms with Gasteiger partial charge in [0.15, 0.2) is 11.5 Å². The van der Waals surface area contributed by atoms with E-state index in [9.17, 15) is 10.1 Å². The van der Waals surface area contributed by atoms with Crippen LogP contribution < -0.4 is 14.8 Å². The molecule has 1 N–H and O–H groups in total. The number of methoxy groups -OCH3 is 1. The van der Waals surface area contributed by atoms with Gasteiger partial charge in [-0.2, -0.15) is 5.26 Å². The van der Waals surface area contributed by atoms with Gasteiger partial charge < -0.3 is 14.8 Å². The summed E-state index contributed by atoms with van der Waals surface area (Å²) in [5.74, 6) is 0.469. The fraction of sp³-hybridized carbons (Fsp3) is 0.238. The monoisotopic (exact) mass is 384 g/mol. The maximum absolute atomic E-state index is 12.6. The highest BCUT2D eigenvalue weighted by Gasteiger charge is 2.14. The molecule has 0 atom stereocenters. The Morgan fingerprint density at radius 1 is 1.26 bits per heavy atom. The molecule has 140 valence electrons. The summed E-state index contributed by atoms with van der Waals surface area (Å²) in [6, 6.07) is 10.9. The number of aryl methyl sites for hydroxylation is 2. The quantitative estimate of drug-likeness (QED) is 0.567. The Morgan fingerprint density at radius 2 is 2.00 bits per heavy atom. The van der Waals surface area contributed by atoms with Crippen LogP contribution in [0.3, 0.4) is 0 Å². The summed E-state index contributed by atoms with van der Waals surface area (Å²) in [6.45, 7) is 6.11. The second kappa shape index (κ2) is 9.11. The Balaban J connectivity index is 2.37. The van der Waals surface area contributed by atoms with Crippen LogP contribution in [0.25, 0.3) is 6.08 Å². The van der Waals surface area contributed by atoms with E-state index in [-0.39, 0.29) is 5.57 Å². The highest BCUT2D eigenvalue weighted by Crippen LogP contribution is 2.34. The normalized spacial score (nSPS) is 10.9. The van der Waals surface area contributed by atoms with E-state index in [0.717, 1.165) is 11.1 Å². The van der Waals surface area contributed by atoms with Gasteiger partial charge in [-0.15, -0.1) is 0 Å². The molecule has 0 fully saturated rings. The Hall–Kier alpha value is -2.97. The maximum atomic E-state index is 12.6. The van der Waals surface area contributed by atoms with Crippen molar-refractivity contribution in [3.05, 3.63) is 57.6 Å². The lowest BCUT2D eigenvalue weighted by Crippen LogP contribution is -2.14. The number of benzene rings is 2. The molecule has 0 aromatic heterocycles. The van der Waals surface area contributed by atoms with Crippen molar-refractivity contribution in [1.82, 2.24) is 0 Å². The summed E-state index contributed by atoms with van der Waals surface area (Å²) in [7, 11) is 1.52. The van der Waals surface area contributed by atoms with Crippen molar-refractivity contribution in [3.8, 4) is 17.6 Å². The fourth-order valence-corrected chi connectivity index (χ4v) is 2.66. The topological polar surface area (TPSA) is 71.3 Å². The number of hydrogen-bond acceptors (Lipinski definition) is 4. The second-order valence-electron chi connectivity index (χ2n) is 5.90. The van der Waals surface area contributed by atoms with Gasteiger partial charge >= 0.3 is 0 Å². The average molecular weight is 385 g/mol. The van der Waals surface area contributed by atoms with Crippen LogP contribution in [0.4, 0.5) is 5.69 Å². The zero-order valence-electron chi connectivity index (χ0n) is 15.7. The summed E-state index contributed by atoms with van der Waals surface area (Å²) in [5.41, 5.74) is 3.02. The average Bonchev–Trinajstić information content (AvgIpc) is 2.64. The lowest BCUT2D eigenvalue weighted by atomic mass is 10.1. The number of hydrogen-bond donors (Lipinski definition) is 1. The van der Waals surface area contributed by atoms with Gasteiger partial charge in [0.05, 0.1) is 18.7 Å². The number of amides is 1. The number of nitrogens with one attached hydrogen (secondary N) is 1. The van der Waals surface area contributed by atoms with Crippen LogP contribution in [0, 0.1) is 25.2 Å². The molecular weight excluding hydrogens is 364 g/mol. The molecule has 0 saturated heterocycles. The summed E-state index contributed by atoms with van der Waals surface area (Å²) in [4.78, 5) is 12.6. The molecule has 0 aliphatic rings. The third kappa shape index (κ3) is 5.02. The molecule has 0 aliphatic carbocycles. The Morgan fingerprint density at radius 3 is 2.63 bits per heavy atom. The third-order valence-corrected chi connectivity index (χ3v) is 4.22. The first-order valence-electron chi connectivity index (χ1n) is 8.40. The molecule has 1 amide bonds. The predicted octanol–water partition coefficient (Wildman–Crippen LogP) is 4.91. The SMILES string of the molecule is CCOc1cc(/C=C(\C#N)C(=O)Nc2cc(C)ccc2C)c(Cl)cc1OC. The number of nitriles is 1. The lowest BCUT2D eigenvalue weighted by Gasteiger charge is -2.12. The van der Waals surface area contributed by atoms with Gasteiger partial charge in [0, 0.05) is 11.8 Å². The van der Waals surface area contributed by atoms with Crippen LogP contribution in [0.2, 0.25) is 5.02 Å². The molecular formula is C21H21ClN2O3. The van der Waals surface area contributed by atoms with Crippen molar-refractivity contribution >= 4 is 29.3 Å². The number of rotatable bonds is 6. The number of nitrogens with zero attached hydrogens (tertiary/aromatic N) is 1. The van der Waals surface area contributed by atoms with Crippen LogP contribution in [-0.4, -0.2) is 19.6 Å². The number of carbonyl (C=O) groups excluding carboxylic acids is 1. The molecule has 0 bridgehead atoms. The van der Waals surface area contributed by atoms with E-state index in [0.29, 0.717) is 34.4 Å². The lowest BCUT2D eigenvalue weighted by molar-refractivity contribution is -0.112. The maximum Gasteiger partial charge on any atom is 0.266 e. The summed E-state index contributed by atoms with van der Waals surface area (Å²) >= 11 is 6.27. The van der Waals surface area contributed by atoms with Crippen molar-refractivity contribution < 1.29 is 14.3 Å². The van der Waals surface area contributed by atoms with Crippen LogP contribution in [0.1, 0.15) is 23.6 Å². The number of halogens is 1. The van der Waals surface area contributed by atoms with Gasteiger partial charge in [-0.1, -0.05) is 23.7 Å². The Kier molecular flexibility index (Phi) is 6.86. The smallest absolute Gasteiger partial charge is 0.266 e. The zero-order chi connectivity index (χ0) is 20.0. The van der Waals surface area contributed by atoms with E-state index in [2.05, 4.69) is 5.32 Å². The first-order chi connectivity index (χ1) is 12.9. The number of anilines is 1. The summed E-state index contributed by atoms with van der Waals surface area (Å²) < 4.78 is 10.8. The molecule has 0 unspecified atom stereocenters. The molecule has 27 heavy (non-hydrogen) atoms. The summed E-state index contributed by atoms with van der Waals surface area (Å²) in [6.07, 6.45) is 1.44. The molecule has 0 saturated carbocycles. The van der Waals surface area contributed by atoms with E-state index < -0.39 is 5.91 Å². The minimum absolute atomic E-state index is 0.0644. The summed E-state index contributed by atoms with van der Waals surface area (Å²) in [5, 5.41) is 12.6. The van der Waals surface area contributed by atoms with Gasteiger partial charge in [0.25, 0.3) is 5.91 Å². The fourth-order valence-electron chi connectivity index (χ4n) is 2.45. The number of carbonyl (C=O) groups is 1. The third-order valence-electron chi connectivity index (χ3n) is 3.89. The van der Waals surface area contributed by atoms with Crippen LogP contribution in [-0.2, 0) is 4.79 Å². The minimum Gasteiger partial charge on any atom is -0.493 e. The van der Waals surface area contributed by atoms with Gasteiger partial charge in [-0.3, -0.25) is 4.79 Å². The van der Waals surface area contributed by atoms with Crippen LogP contribution in [0.15, 0.2) is 35.9 Å². The molecule has 6 heteroatoms. The second-order valence-corrected chi connectivity index (χ2v) is 6.31. The molecule has 2 rings (SSSR count). The highest BCUT2D eigenvalue weighted by molar-refractivity contribution is 6.32. The van der Waals surface area contributed by atoms with Crippen molar-refractivity contribution in [1.29, 1.82) is 5.26 Å². The first kappa shape index (κ1) is 20.3. The van der Waals surface area contributed by atoms with E-state index in [1.54, 1.807) is 12.1 Å². The van der Waals surface area contributed by atoms with E-state index >= 15 is 0 Å². The Labute approximate surface area is 164 Å². The first-order valence-corrected chi connectivity index (χ1v) is 8.78. The van der Waals surface area contributed by atoms with Crippen molar-refractivity contribution in [2.45, 2.75) is 20.8 Å². The molecule has 0 radical (unpaired) electrons. The molecule has 5 nitrogen and oxygen atoms in total. The standard InChI is InChI=1S/C21H21ClN2O3/c1-5-27-20-10-15(17(22)11-19(20)26-4)9-16(12-23)21(25)24-18-8-13(2)6-7-14(18)3/h6-11H,5H2,1-4H3,(H,24,25)/b16-9+. The molecule has 2 aromatic rings. The Bertz CT molecular complexity index is 930. The molecule has 0 aliphatic heterocycles. The molecule has 2 aromatic carbocycles. The number of ether oxygens (including phenoxy) is 2. The predicted molar refractivity (Wildman–Crippen MR) is 107 cm³/mol. The zero-order valence-corrected chi connectivity index (χ0v) is 16.5. The minimum atomic E-state index is -0.504. The molecule has 0 spiro atoms. The van der Waals surface area contributed by atoms with Crippen molar-refractivity contribution in [3.63, 3.8) is 0 Å². The van der Waals surface area contributed by atoms with Gasteiger partial charge in [0.2, 0.25) is 0 Å². The van der Waals surface area contributed by atoms with Crippen molar-refractivity contribution in [2.75, 3.05) is 19.0 Å². The highest BCUT2D eigenvalue weighted by atomic mass is 35.5. The molecule has 0 heterocycles. The van der Waals surface area contributed by atoms with E-state index in [4.69, 9.17) is 21.1 Å². The van der Waals surface area contributed by atoms with Crippen molar-refractivity contribution in [2.24, 2.45) is 0 Å². The van der Waals surface area contributed by atoms with Gasteiger partial charge in [0.1, 0.15) is 11.6 Å². The van der Waals surface area contributed by atoms with Gasteiger partial charge in [-0.05, 0) is 55.7 Å².